The monoisotopic (exact) mass is 481 g/mol. The molecule has 4 aromatic rings. The van der Waals surface area contributed by atoms with Crippen LogP contribution in [0.25, 0.3) is 5.69 Å². The maximum absolute atomic E-state index is 13.6. The summed E-state index contributed by atoms with van der Waals surface area (Å²) in [5, 5.41) is 8.34. The minimum absolute atomic E-state index is 0.298. The third-order valence-electron chi connectivity index (χ3n) is 6.20. The maximum atomic E-state index is 13.6. The Labute approximate surface area is 201 Å². The van der Waals surface area contributed by atoms with Gasteiger partial charge in [0.05, 0.1) is 12.8 Å². The Hall–Kier alpha value is -3.43. The van der Waals surface area contributed by atoms with Crippen molar-refractivity contribution in [3.8, 4) is 11.4 Å². The minimum atomic E-state index is -0.876. The van der Waals surface area contributed by atoms with Gasteiger partial charge < -0.3 is 20.4 Å². The molecule has 1 aliphatic heterocycles. The number of rotatable bonds is 5. The molecule has 2 unspecified atom stereocenters. The standard InChI is InChI=1S/C24H25ClFN7O/c1-15-9-10-33-22(24(27,12-15)16-3-5-17(26)6-4-16)30-23(31-33)29-18-7-8-19(20(11-18)34-2)32-13-21(25)28-14-32/h3-8,11,13-15H,9-10,12,27H2,1-2H3,(H,29,31). The smallest absolute Gasteiger partial charge is 0.246 e. The lowest BCUT2D eigenvalue weighted by Crippen LogP contribution is -2.41. The van der Waals surface area contributed by atoms with E-state index in [0.29, 0.717) is 41.6 Å². The molecule has 2 aromatic carbocycles. The van der Waals surface area contributed by atoms with Gasteiger partial charge in [-0.25, -0.2) is 14.1 Å². The van der Waals surface area contributed by atoms with Crippen molar-refractivity contribution in [1.82, 2.24) is 24.3 Å². The Morgan fingerprint density at radius 1 is 1.24 bits per heavy atom. The molecule has 10 heteroatoms. The number of nitrogens with zero attached hydrogens (tertiary/aromatic N) is 5. The summed E-state index contributed by atoms with van der Waals surface area (Å²) in [6.45, 7) is 2.87. The highest BCUT2D eigenvalue weighted by Crippen LogP contribution is 2.37. The number of ether oxygens (including phenoxy) is 1. The van der Waals surface area contributed by atoms with E-state index in [1.807, 2.05) is 22.9 Å². The first-order chi connectivity index (χ1) is 16.4. The van der Waals surface area contributed by atoms with E-state index in [0.717, 1.165) is 23.4 Å². The lowest BCUT2D eigenvalue weighted by Gasteiger charge is -2.29. The number of nitrogens with one attached hydrogen (secondary N) is 1. The molecule has 0 saturated heterocycles. The molecule has 3 N–H and O–H groups in total. The molecule has 2 atom stereocenters. The Bertz CT molecular complexity index is 1320. The molecule has 0 bridgehead atoms. The molecule has 8 nitrogen and oxygen atoms in total. The molecule has 2 aromatic heterocycles. The van der Waals surface area contributed by atoms with Crippen LogP contribution < -0.4 is 15.8 Å². The number of fused-ring (bicyclic) bond motifs is 1. The molecule has 0 aliphatic carbocycles. The Morgan fingerprint density at radius 3 is 2.74 bits per heavy atom. The van der Waals surface area contributed by atoms with Gasteiger partial charge in [-0.1, -0.05) is 30.7 Å². The molecule has 34 heavy (non-hydrogen) atoms. The van der Waals surface area contributed by atoms with E-state index in [1.165, 1.54) is 12.1 Å². The summed E-state index contributed by atoms with van der Waals surface area (Å²) in [4.78, 5) is 8.83. The first kappa shape index (κ1) is 22.4. The molecule has 0 fully saturated rings. The van der Waals surface area contributed by atoms with E-state index in [-0.39, 0.29) is 5.82 Å². The van der Waals surface area contributed by atoms with Crippen molar-refractivity contribution in [2.45, 2.75) is 31.8 Å². The van der Waals surface area contributed by atoms with Gasteiger partial charge in [-0.15, -0.1) is 5.10 Å². The molecule has 5 rings (SSSR count). The summed E-state index contributed by atoms with van der Waals surface area (Å²) >= 11 is 5.96. The van der Waals surface area contributed by atoms with Crippen LogP contribution in [0.2, 0.25) is 5.15 Å². The molecule has 3 heterocycles. The zero-order valence-corrected chi connectivity index (χ0v) is 19.6. The number of hydrogen-bond acceptors (Lipinski definition) is 6. The molecule has 0 amide bonds. The number of halogens is 2. The quantitative estimate of drug-likeness (QED) is 0.431. The summed E-state index contributed by atoms with van der Waals surface area (Å²) in [5.74, 6) is 1.79. The van der Waals surface area contributed by atoms with E-state index in [9.17, 15) is 4.39 Å². The van der Waals surface area contributed by atoms with Crippen molar-refractivity contribution in [1.29, 1.82) is 0 Å². The molecule has 0 radical (unpaired) electrons. The second-order valence-corrected chi connectivity index (χ2v) is 9.06. The highest BCUT2D eigenvalue weighted by atomic mass is 35.5. The molecule has 176 valence electrons. The van der Waals surface area contributed by atoms with E-state index < -0.39 is 5.54 Å². The summed E-state index contributed by atoms with van der Waals surface area (Å²) in [6, 6.07) is 12.0. The third kappa shape index (κ3) is 4.12. The van der Waals surface area contributed by atoms with Crippen molar-refractivity contribution in [3.05, 3.63) is 77.3 Å². The van der Waals surface area contributed by atoms with Gasteiger partial charge in [-0.2, -0.15) is 4.98 Å². The van der Waals surface area contributed by atoms with E-state index in [4.69, 9.17) is 27.1 Å². The number of anilines is 2. The Balaban J connectivity index is 1.48. The topological polar surface area (TPSA) is 95.8 Å². The summed E-state index contributed by atoms with van der Waals surface area (Å²) in [7, 11) is 1.60. The Kier molecular flexibility index (Phi) is 5.75. The summed E-state index contributed by atoms with van der Waals surface area (Å²) < 4.78 is 22.8. The molecular weight excluding hydrogens is 457 g/mol. The van der Waals surface area contributed by atoms with Gasteiger partial charge in [-0.3, -0.25) is 0 Å². The average Bonchev–Trinajstić information content (AvgIpc) is 3.41. The number of aromatic nitrogens is 5. The predicted molar refractivity (Wildman–Crippen MR) is 128 cm³/mol. The van der Waals surface area contributed by atoms with Crippen LogP contribution in [0.5, 0.6) is 5.75 Å². The van der Waals surface area contributed by atoms with Crippen LogP contribution in [-0.4, -0.2) is 31.4 Å². The van der Waals surface area contributed by atoms with Crippen molar-refractivity contribution in [3.63, 3.8) is 0 Å². The highest BCUT2D eigenvalue weighted by molar-refractivity contribution is 6.29. The van der Waals surface area contributed by atoms with Crippen LogP contribution in [0.15, 0.2) is 55.0 Å². The van der Waals surface area contributed by atoms with Crippen LogP contribution >= 0.6 is 11.6 Å². The number of methoxy groups -OCH3 is 1. The van der Waals surface area contributed by atoms with Gasteiger partial charge in [0.25, 0.3) is 0 Å². The first-order valence-corrected chi connectivity index (χ1v) is 11.4. The van der Waals surface area contributed by atoms with Gasteiger partial charge in [0, 0.05) is 24.5 Å². The number of hydrogen-bond donors (Lipinski definition) is 2. The largest absolute Gasteiger partial charge is 0.494 e. The lowest BCUT2D eigenvalue weighted by atomic mass is 9.82. The normalized spacial score (nSPS) is 20.0. The van der Waals surface area contributed by atoms with Gasteiger partial charge in [-0.05, 0) is 48.6 Å². The Morgan fingerprint density at radius 2 is 2.03 bits per heavy atom. The molecular formula is C24H25ClFN7O. The minimum Gasteiger partial charge on any atom is -0.494 e. The van der Waals surface area contributed by atoms with Crippen LogP contribution in [0.3, 0.4) is 0 Å². The van der Waals surface area contributed by atoms with Gasteiger partial charge in [0.1, 0.15) is 28.6 Å². The number of benzene rings is 2. The van der Waals surface area contributed by atoms with Crippen molar-refractivity contribution >= 4 is 23.2 Å². The fourth-order valence-electron chi connectivity index (χ4n) is 4.49. The van der Waals surface area contributed by atoms with E-state index in [1.54, 1.807) is 36.3 Å². The van der Waals surface area contributed by atoms with E-state index >= 15 is 0 Å². The number of nitrogens with two attached hydrogens (primary N) is 1. The van der Waals surface area contributed by atoms with Crippen LogP contribution in [0.1, 0.15) is 31.2 Å². The van der Waals surface area contributed by atoms with Gasteiger partial charge in [0.15, 0.2) is 5.82 Å². The number of imidazole rings is 1. The molecule has 0 spiro atoms. The fraction of sp³-hybridized carbons (Fsp3) is 0.292. The predicted octanol–water partition coefficient (Wildman–Crippen LogP) is 4.64. The van der Waals surface area contributed by atoms with Crippen molar-refractivity contribution in [2.24, 2.45) is 11.7 Å². The summed E-state index contributed by atoms with van der Waals surface area (Å²) in [5.41, 5.74) is 8.45. The lowest BCUT2D eigenvalue weighted by molar-refractivity contribution is 0.382. The van der Waals surface area contributed by atoms with Crippen LogP contribution in [-0.2, 0) is 12.1 Å². The third-order valence-corrected chi connectivity index (χ3v) is 6.39. The van der Waals surface area contributed by atoms with Crippen molar-refractivity contribution in [2.75, 3.05) is 12.4 Å². The number of aryl methyl sites for hydroxylation is 1. The van der Waals surface area contributed by atoms with Crippen molar-refractivity contribution < 1.29 is 9.13 Å². The van der Waals surface area contributed by atoms with Gasteiger partial charge in [0.2, 0.25) is 5.95 Å². The second kappa shape index (κ2) is 8.73. The zero-order chi connectivity index (χ0) is 23.9. The molecule has 0 saturated carbocycles. The van der Waals surface area contributed by atoms with E-state index in [2.05, 4.69) is 22.3 Å². The second-order valence-electron chi connectivity index (χ2n) is 8.67. The van der Waals surface area contributed by atoms with Gasteiger partial charge >= 0.3 is 0 Å². The zero-order valence-electron chi connectivity index (χ0n) is 18.9. The SMILES string of the molecule is COc1cc(Nc2nc3n(n2)CCC(C)CC3(N)c2ccc(F)cc2)ccc1-n1cnc(Cl)c1. The van der Waals surface area contributed by atoms with Crippen LogP contribution in [0, 0.1) is 11.7 Å². The fourth-order valence-corrected chi connectivity index (χ4v) is 4.64. The van der Waals surface area contributed by atoms with Crippen LogP contribution in [0.4, 0.5) is 16.0 Å². The molecule has 1 aliphatic rings. The average molecular weight is 482 g/mol. The first-order valence-electron chi connectivity index (χ1n) is 11.0. The maximum Gasteiger partial charge on any atom is 0.246 e. The highest BCUT2D eigenvalue weighted by Gasteiger charge is 2.39. The summed E-state index contributed by atoms with van der Waals surface area (Å²) in [6.07, 6.45) is 4.94.